The summed E-state index contributed by atoms with van der Waals surface area (Å²) in [4.78, 5) is 4.62. The van der Waals surface area contributed by atoms with Gasteiger partial charge >= 0.3 is 0 Å². The summed E-state index contributed by atoms with van der Waals surface area (Å²) in [5, 5.41) is 3.91. The fourth-order valence-electron chi connectivity index (χ4n) is 5.32. The van der Waals surface area contributed by atoms with Crippen molar-refractivity contribution >= 4 is 5.71 Å². The third-order valence-corrected chi connectivity index (χ3v) is 5.65. The first kappa shape index (κ1) is 11.2. The van der Waals surface area contributed by atoms with E-state index in [4.69, 9.17) is 0 Å². The number of allylic oxidation sites excluding steroid dienone is 1. The predicted molar refractivity (Wildman–Crippen MR) is 74.7 cm³/mol. The zero-order valence-corrected chi connectivity index (χ0v) is 11.4. The van der Waals surface area contributed by atoms with Crippen LogP contribution in [0.5, 0.6) is 0 Å². The molecular formula is C16H24N2. The van der Waals surface area contributed by atoms with Gasteiger partial charge in [0.25, 0.3) is 0 Å². The third-order valence-electron chi connectivity index (χ3n) is 5.65. The van der Waals surface area contributed by atoms with Crippen molar-refractivity contribution in [1.82, 2.24) is 5.32 Å². The van der Waals surface area contributed by atoms with E-state index in [9.17, 15) is 0 Å². The van der Waals surface area contributed by atoms with E-state index in [-0.39, 0.29) is 0 Å². The monoisotopic (exact) mass is 244 g/mol. The van der Waals surface area contributed by atoms with Gasteiger partial charge in [0.15, 0.2) is 0 Å². The van der Waals surface area contributed by atoms with Crippen LogP contribution >= 0.6 is 0 Å². The van der Waals surface area contributed by atoms with E-state index < -0.39 is 0 Å². The lowest BCUT2D eigenvalue weighted by molar-refractivity contribution is -0.0182. The second kappa shape index (κ2) is 3.93. The van der Waals surface area contributed by atoms with Crippen LogP contribution in [0.1, 0.15) is 51.9 Å². The van der Waals surface area contributed by atoms with Crippen LogP contribution in [0.3, 0.4) is 0 Å². The van der Waals surface area contributed by atoms with Crippen LogP contribution in [0.2, 0.25) is 0 Å². The average molecular weight is 244 g/mol. The molecule has 0 aromatic rings. The Morgan fingerprint density at radius 1 is 1.17 bits per heavy atom. The van der Waals surface area contributed by atoms with Crippen LogP contribution in [0.25, 0.3) is 0 Å². The van der Waals surface area contributed by atoms with Crippen molar-refractivity contribution in [3.05, 3.63) is 11.8 Å². The highest BCUT2D eigenvalue weighted by molar-refractivity contribution is 5.86. The summed E-state index contributed by atoms with van der Waals surface area (Å²) in [5.74, 6) is 3.10. The maximum atomic E-state index is 4.62. The van der Waals surface area contributed by atoms with Gasteiger partial charge in [-0.1, -0.05) is 6.08 Å². The Morgan fingerprint density at radius 2 is 1.78 bits per heavy atom. The van der Waals surface area contributed by atoms with Gasteiger partial charge in [0, 0.05) is 24.2 Å². The third kappa shape index (κ3) is 1.85. The number of hydrogen-bond acceptors (Lipinski definition) is 2. The summed E-state index contributed by atoms with van der Waals surface area (Å²) in [6, 6.07) is 0. The SMILES string of the molecule is CC1=NC(CNC23CC4CC(CC(C4)C2)C3)=CC1. The molecule has 4 fully saturated rings. The molecule has 2 nitrogen and oxygen atoms in total. The first-order valence-electron chi connectivity index (χ1n) is 7.69. The maximum absolute atomic E-state index is 4.62. The number of nitrogens with zero attached hydrogens (tertiary/aromatic N) is 1. The molecule has 0 amide bonds. The molecule has 0 aromatic carbocycles. The van der Waals surface area contributed by atoms with E-state index in [1.165, 1.54) is 49.9 Å². The second-order valence-corrected chi connectivity index (χ2v) is 7.30. The molecule has 0 saturated heterocycles. The van der Waals surface area contributed by atoms with Crippen molar-refractivity contribution in [1.29, 1.82) is 0 Å². The molecule has 0 spiro atoms. The van der Waals surface area contributed by atoms with Crippen molar-refractivity contribution in [3.63, 3.8) is 0 Å². The Hall–Kier alpha value is -0.630. The first-order valence-corrected chi connectivity index (χ1v) is 7.69. The van der Waals surface area contributed by atoms with Gasteiger partial charge in [-0.15, -0.1) is 0 Å². The van der Waals surface area contributed by atoms with Gasteiger partial charge in [0.2, 0.25) is 0 Å². The molecule has 1 aliphatic heterocycles. The topological polar surface area (TPSA) is 24.4 Å². The van der Waals surface area contributed by atoms with Crippen molar-refractivity contribution < 1.29 is 0 Å². The molecule has 5 aliphatic rings. The van der Waals surface area contributed by atoms with Crippen LogP contribution < -0.4 is 5.32 Å². The summed E-state index contributed by atoms with van der Waals surface area (Å²) >= 11 is 0. The standard InChI is InChI=1S/C16H24N2/c1-11-2-3-15(18-11)10-17-16-7-12-4-13(8-16)6-14(5-12)9-16/h3,12-14,17H,2,4-10H2,1H3. The van der Waals surface area contributed by atoms with Crippen molar-refractivity contribution in [2.24, 2.45) is 22.7 Å². The summed E-state index contributed by atoms with van der Waals surface area (Å²) in [6.07, 6.45) is 12.3. The van der Waals surface area contributed by atoms with Crippen molar-refractivity contribution in [2.75, 3.05) is 6.54 Å². The van der Waals surface area contributed by atoms with E-state index >= 15 is 0 Å². The number of hydrogen-bond donors (Lipinski definition) is 1. The summed E-state index contributed by atoms with van der Waals surface area (Å²) < 4.78 is 0. The lowest BCUT2D eigenvalue weighted by atomic mass is 9.53. The van der Waals surface area contributed by atoms with Crippen LogP contribution in [-0.2, 0) is 0 Å². The maximum Gasteiger partial charge on any atom is 0.0505 e. The minimum atomic E-state index is 0.488. The van der Waals surface area contributed by atoms with Crippen molar-refractivity contribution in [3.8, 4) is 0 Å². The number of nitrogens with one attached hydrogen (secondary N) is 1. The van der Waals surface area contributed by atoms with Gasteiger partial charge in [-0.25, -0.2) is 0 Å². The highest BCUT2D eigenvalue weighted by Gasteiger charge is 2.50. The van der Waals surface area contributed by atoms with Gasteiger partial charge in [-0.3, -0.25) is 4.99 Å². The molecule has 2 heteroatoms. The molecule has 0 radical (unpaired) electrons. The second-order valence-electron chi connectivity index (χ2n) is 7.30. The molecule has 5 rings (SSSR count). The van der Waals surface area contributed by atoms with E-state index in [0.29, 0.717) is 5.54 Å². The van der Waals surface area contributed by atoms with Gasteiger partial charge in [-0.2, -0.15) is 0 Å². The lowest BCUT2D eigenvalue weighted by Crippen LogP contribution is -2.58. The zero-order valence-electron chi connectivity index (χ0n) is 11.4. The molecule has 0 aromatic heterocycles. The highest BCUT2D eigenvalue weighted by atomic mass is 15.0. The molecule has 4 bridgehead atoms. The van der Waals surface area contributed by atoms with Crippen molar-refractivity contribution in [2.45, 2.75) is 57.4 Å². The number of rotatable bonds is 3. The smallest absolute Gasteiger partial charge is 0.0505 e. The van der Waals surface area contributed by atoms with Gasteiger partial charge in [-0.05, 0) is 63.2 Å². The van der Waals surface area contributed by atoms with Crippen LogP contribution in [-0.4, -0.2) is 17.8 Å². The molecule has 1 N–H and O–H groups in total. The first-order chi connectivity index (χ1) is 8.71. The Balaban J connectivity index is 1.45. The molecular weight excluding hydrogens is 220 g/mol. The lowest BCUT2D eigenvalue weighted by Gasteiger charge is -2.57. The molecule has 0 unspecified atom stereocenters. The van der Waals surface area contributed by atoms with Crippen LogP contribution in [0, 0.1) is 17.8 Å². The molecule has 1 heterocycles. The fourth-order valence-corrected chi connectivity index (χ4v) is 5.32. The quantitative estimate of drug-likeness (QED) is 0.809. The minimum absolute atomic E-state index is 0.488. The largest absolute Gasteiger partial charge is 0.306 e. The van der Waals surface area contributed by atoms with E-state index in [1.807, 2.05) is 0 Å². The minimum Gasteiger partial charge on any atom is -0.306 e. The normalized spacial score (nSPS) is 45.3. The van der Waals surface area contributed by atoms with Gasteiger partial charge < -0.3 is 5.32 Å². The Bertz CT molecular complexity index is 384. The Morgan fingerprint density at radius 3 is 2.28 bits per heavy atom. The number of aliphatic imine (C=N–C) groups is 1. The molecule has 98 valence electrons. The summed E-state index contributed by atoms with van der Waals surface area (Å²) in [5.41, 5.74) is 3.04. The van der Waals surface area contributed by atoms with E-state index in [2.05, 4.69) is 23.3 Å². The summed E-state index contributed by atoms with van der Waals surface area (Å²) in [7, 11) is 0. The van der Waals surface area contributed by atoms with E-state index in [0.717, 1.165) is 30.7 Å². The zero-order chi connectivity index (χ0) is 12.2. The molecule has 0 atom stereocenters. The summed E-state index contributed by atoms with van der Waals surface area (Å²) in [6.45, 7) is 3.14. The molecule has 4 saturated carbocycles. The highest BCUT2D eigenvalue weighted by Crippen LogP contribution is 2.55. The van der Waals surface area contributed by atoms with E-state index in [1.54, 1.807) is 0 Å². The van der Waals surface area contributed by atoms with Gasteiger partial charge in [0.05, 0.1) is 5.70 Å². The van der Waals surface area contributed by atoms with Crippen LogP contribution in [0.4, 0.5) is 0 Å². The van der Waals surface area contributed by atoms with Crippen LogP contribution in [0.15, 0.2) is 16.8 Å². The average Bonchev–Trinajstić information content (AvgIpc) is 2.71. The predicted octanol–water partition coefficient (Wildman–Crippen LogP) is 3.29. The molecule has 4 aliphatic carbocycles. The Labute approximate surface area is 110 Å². The fraction of sp³-hybridized carbons (Fsp3) is 0.812. The molecule has 18 heavy (non-hydrogen) atoms. The Kier molecular flexibility index (Phi) is 2.45. The van der Waals surface area contributed by atoms with Gasteiger partial charge in [0.1, 0.15) is 0 Å².